The monoisotopic (exact) mass is 464 g/mol. The first kappa shape index (κ1) is 23.8. The Labute approximate surface area is 199 Å². The summed E-state index contributed by atoms with van der Waals surface area (Å²) < 4.78 is 5.64. The van der Waals surface area contributed by atoms with E-state index in [2.05, 4.69) is 34.9 Å². The Kier molecular flexibility index (Phi) is 6.91. The van der Waals surface area contributed by atoms with Gasteiger partial charge in [-0.15, -0.1) is 0 Å². The molecule has 2 aliphatic rings. The summed E-state index contributed by atoms with van der Waals surface area (Å²) in [5.41, 5.74) is 3.41. The summed E-state index contributed by atoms with van der Waals surface area (Å²) in [4.78, 5) is 37.1. The van der Waals surface area contributed by atoms with E-state index in [1.54, 1.807) is 6.92 Å². The van der Waals surface area contributed by atoms with Gasteiger partial charge in [-0.2, -0.15) is 0 Å². The second kappa shape index (κ2) is 9.87. The Morgan fingerprint density at radius 2 is 1.65 bits per heavy atom. The molecule has 1 saturated carbocycles. The number of alkyl carbamates (subject to hydrolysis) is 1. The number of carbonyl (C=O) groups is 3. The van der Waals surface area contributed by atoms with Crippen LogP contribution in [-0.2, 0) is 14.3 Å². The molecule has 0 spiro atoms. The molecule has 3 N–H and O–H groups in total. The number of carboxylic acids is 1. The summed E-state index contributed by atoms with van der Waals surface area (Å²) in [6.45, 7) is 3.81. The number of amides is 2. The zero-order chi connectivity index (χ0) is 24.3. The lowest BCUT2D eigenvalue weighted by Crippen LogP contribution is -2.58. The van der Waals surface area contributed by atoms with Crippen molar-refractivity contribution in [1.29, 1.82) is 0 Å². The Bertz CT molecular complexity index is 1040. The quantitative estimate of drug-likeness (QED) is 0.535. The number of fused-ring (bicyclic) bond motifs is 3. The maximum atomic E-state index is 13.1. The second-order valence-corrected chi connectivity index (χ2v) is 9.55. The van der Waals surface area contributed by atoms with Crippen LogP contribution in [0.2, 0.25) is 0 Å². The van der Waals surface area contributed by atoms with Crippen molar-refractivity contribution in [3.63, 3.8) is 0 Å². The lowest BCUT2D eigenvalue weighted by atomic mass is 9.94. The first-order chi connectivity index (χ1) is 16.3. The third-order valence-corrected chi connectivity index (χ3v) is 7.09. The highest BCUT2D eigenvalue weighted by atomic mass is 16.5. The Morgan fingerprint density at radius 1 is 1.03 bits per heavy atom. The van der Waals surface area contributed by atoms with Gasteiger partial charge in [-0.05, 0) is 54.9 Å². The number of ether oxygens (including phenoxy) is 1. The van der Waals surface area contributed by atoms with Crippen LogP contribution in [0.15, 0.2) is 48.5 Å². The van der Waals surface area contributed by atoms with Gasteiger partial charge >= 0.3 is 12.1 Å². The van der Waals surface area contributed by atoms with Gasteiger partial charge in [0.1, 0.15) is 12.1 Å². The number of rotatable bonds is 8. The largest absolute Gasteiger partial charge is 0.481 e. The molecule has 0 aliphatic heterocycles. The minimum absolute atomic E-state index is 0.0594. The van der Waals surface area contributed by atoms with Crippen LogP contribution in [0.1, 0.15) is 63.0 Å². The molecule has 0 radical (unpaired) electrons. The summed E-state index contributed by atoms with van der Waals surface area (Å²) in [5.74, 6) is -1.63. The molecular formula is C27H32N2O5. The number of carboxylic acid groups (broad SMARTS) is 1. The van der Waals surface area contributed by atoms with Gasteiger partial charge in [0.05, 0.1) is 5.92 Å². The van der Waals surface area contributed by atoms with E-state index in [0.29, 0.717) is 32.1 Å². The third-order valence-electron chi connectivity index (χ3n) is 7.09. The van der Waals surface area contributed by atoms with E-state index in [0.717, 1.165) is 22.3 Å². The molecule has 1 fully saturated rings. The van der Waals surface area contributed by atoms with Crippen molar-refractivity contribution in [1.82, 2.24) is 10.6 Å². The van der Waals surface area contributed by atoms with Gasteiger partial charge in [-0.1, -0.05) is 61.9 Å². The van der Waals surface area contributed by atoms with Crippen molar-refractivity contribution >= 4 is 18.0 Å². The number of benzene rings is 2. The molecule has 0 bridgehead atoms. The van der Waals surface area contributed by atoms with E-state index in [1.165, 1.54) is 0 Å². The van der Waals surface area contributed by atoms with E-state index < -0.39 is 23.5 Å². The number of nitrogens with one attached hydrogen (secondary N) is 2. The fraction of sp³-hybridized carbons (Fsp3) is 0.444. The highest BCUT2D eigenvalue weighted by molar-refractivity contribution is 5.90. The van der Waals surface area contributed by atoms with E-state index >= 15 is 0 Å². The van der Waals surface area contributed by atoms with E-state index in [9.17, 15) is 19.5 Å². The average Bonchev–Trinajstić information content (AvgIpc) is 3.41. The molecule has 180 valence electrons. The highest BCUT2D eigenvalue weighted by Crippen LogP contribution is 2.44. The van der Waals surface area contributed by atoms with Crippen molar-refractivity contribution in [3.8, 4) is 11.1 Å². The van der Waals surface area contributed by atoms with Crippen LogP contribution < -0.4 is 10.6 Å². The summed E-state index contributed by atoms with van der Waals surface area (Å²) in [5, 5.41) is 14.9. The van der Waals surface area contributed by atoms with Crippen molar-refractivity contribution < 1.29 is 24.2 Å². The van der Waals surface area contributed by atoms with E-state index in [1.807, 2.05) is 31.2 Å². The van der Waals surface area contributed by atoms with Crippen LogP contribution in [0, 0.1) is 5.92 Å². The Morgan fingerprint density at radius 3 is 2.21 bits per heavy atom. The van der Waals surface area contributed by atoms with Crippen molar-refractivity contribution in [3.05, 3.63) is 59.7 Å². The minimum atomic E-state index is -1.14. The molecule has 0 heterocycles. The van der Waals surface area contributed by atoms with Gasteiger partial charge in [0, 0.05) is 12.0 Å². The summed E-state index contributed by atoms with van der Waals surface area (Å²) in [6, 6.07) is 16.0. The second-order valence-electron chi connectivity index (χ2n) is 9.55. The SMILES string of the molecule is CCCC(C)(NC(=O)OCC1c2ccccc2-c2ccccc21)C(=O)NC1CCC(C(=O)O)C1. The molecular weight excluding hydrogens is 432 g/mol. The molecule has 0 saturated heterocycles. The van der Waals surface area contributed by atoms with Crippen LogP contribution in [0.3, 0.4) is 0 Å². The maximum Gasteiger partial charge on any atom is 0.408 e. The van der Waals surface area contributed by atoms with Gasteiger partial charge in [0.15, 0.2) is 0 Å². The summed E-state index contributed by atoms with van der Waals surface area (Å²) >= 11 is 0. The standard InChI is InChI=1S/C27H32N2O5/c1-3-14-27(2,25(32)28-18-13-12-17(15-18)24(30)31)29-26(33)34-16-23-21-10-6-4-8-19(21)20-9-5-7-11-22(20)23/h4-11,17-18,23H,3,12-16H2,1-2H3,(H,28,32)(H,29,33)(H,30,31). The molecule has 2 amide bonds. The molecule has 2 aliphatic carbocycles. The molecule has 34 heavy (non-hydrogen) atoms. The van der Waals surface area contributed by atoms with Gasteiger partial charge in [0.2, 0.25) is 5.91 Å². The van der Waals surface area contributed by atoms with E-state index in [4.69, 9.17) is 4.74 Å². The molecule has 4 rings (SSSR count). The third kappa shape index (κ3) is 4.79. The minimum Gasteiger partial charge on any atom is -0.481 e. The molecule has 7 nitrogen and oxygen atoms in total. The van der Waals surface area contributed by atoms with Gasteiger partial charge in [0.25, 0.3) is 0 Å². The molecule has 2 aromatic rings. The van der Waals surface area contributed by atoms with Crippen LogP contribution in [-0.4, -0.2) is 41.3 Å². The lowest BCUT2D eigenvalue weighted by Gasteiger charge is -2.30. The molecule has 7 heteroatoms. The molecule has 0 aromatic heterocycles. The van der Waals surface area contributed by atoms with Crippen LogP contribution in [0.4, 0.5) is 4.79 Å². The number of hydrogen-bond acceptors (Lipinski definition) is 4. The first-order valence-electron chi connectivity index (χ1n) is 12.0. The number of carbonyl (C=O) groups excluding carboxylic acids is 2. The summed E-state index contributed by atoms with van der Waals surface area (Å²) in [7, 11) is 0. The lowest BCUT2D eigenvalue weighted by molar-refractivity contribution is -0.141. The molecule has 3 unspecified atom stereocenters. The van der Waals surface area contributed by atoms with Crippen molar-refractivity contribution in [2.45, 2.75) is 63.5 Å². The smallest absolute Gasteiger partial charge is 0.408 e. The predicted molar refractivity (Wildman–Crippen MR) is 128 cm³/mol. The number of hydrogen-bond donors (Lipinski definition) is 3. The van der Waals surface area contributed by atoms with Gasteiger partial charge in [-0.3, -0.25) is 9.59 Å². The number of aliphatic carboxylic acids is 1. The first-order valence-corrected chi connectivity index (χ1v) is 12.0. The highest BCUT2D eigenvalue weighted by Gasteiger charge is 2.38. The maximum absolute atomic E-state index is 13.1. The van der Waals surface area contributed by atoms with Crippen LogP contribution >= 0.6 is 0 Å². The summed E-state index contributed by atoms with van der Waals surface area (Å²) in [6.07, 6.45) is 2.07. The Hall–Kier alpha value is -3.35. The van der Waals surface area contributed by atoms with E-state index in [-0.39, 0.29) is 24.5 Å². The van der Waals surface area contributed by atoms with Crippen LogP contribution in [0.5, 0.6) is 0 Å². The predicted octanol–water partition coefficient (Wildman–Crippen LogP) is 4.45. The average molecular weight is 465 g/mol. The fourth-order valence-corrected chi connectivity index (χ4v) is 5.27. The topological polar surface area (TPSA) is 105 Å². The zero-order valence-electron chi connectivity index (χ0n) is 19.7. The molecule has 2 aromatic carbocycles. The molecule has 3 atom stereocenters. The van der Waals surface area contributed by atoms with Crippen LogP contribution in [0.25, 0.3) is 11.1 Å². The van der Waals surface area contributed by atoms with Gasteiger partial charge in [-0.25, -0.2) is 4.79 Å². The normalized spacial score (nSPS) is 20.6. The fourth-order valence-electron chi connectivity index (χ4n) is 5.27. The zero-order valence-corrected chi connectivity index (χ0v) is 19.7. The Balaban J connectivity index is 1.39. The van der Waals surface area contributed by atoms with Crippen molar-refractivity contribution in [2.24, 2.45) is 5.92 Å². The van der Waals surface area contributed by atoms with Gasteiger partial charge < -0.3 is 20.5 Å². The van der Waals surface area contributed by atoms with Crippen molar-refractivity contribution in [2.75, 3.05) is 6.61 Å².